The number of hydrogen-bond acceptors (Lipinski definition) is 2. The summed E-state index contributed by atoms with van der Waals surface area (Å²) < 4.78 is 0. The molecular formula is C13H20N2O. The second kappa shape index (κ2) is 5.66. The summed E-state index contributed by atoms with van der Waals surface area (Å²) in [7, 11) is 0. The van der Waals surface area contributed by atoms with Crippen molar-refractivity contribution < 1.29 is 4.79 Å². The Bertz CT molecular complexity index is 343. The van der Waals surface area contributed by atoms with Crippen molar-refractivity contribution in [2.24, 2.45) is 5.73 Å². The summed E-state index contributed by atoms with van der Waals surface area (Å²) in [5.74, 6) is -0.0874. The van der Waals surface area contributed by atoms with Crippen molar-refractivity contribution in [3.05, 3.63) is 35.4 Å². The second-order valence-electron chi connectivity index (χ2n) is 4.46. The molecule has 1 amide bonds. The number of aryl methyl sites for hydroxylation is 1. The van der Waals surface area contributed by atoms with Crippen LogP contribution in [0.1, 0.15) is 25.0 Å². The first kappa shape index (κ1) is 12.7. The molecule has 0 radical (unpaired) electrons. The van der Waals surface area contributed by atoms with Crippen LogP contribution in [0.4, 0.5) is 0 Å². The van der Waals surface area contributed by atoms with E-state index in [0.29, 0.717) is 6.42 Å². The lowest BCUT2D eigenvalue weighted by atomic mass is 10.0. The third-order valence-corrected chi connectivity index (χ3v) is 2.34. The standard InChI is InChI=1S/C13H20N2O/c1-9(2)15-13(16)12(14)8-11-6-4-10(3)5-7-11/h4-7,9,12H,8,14H2,1-3H3,(H,15,16)/t12-/m0/s1. The lowest BCUT2D eigenvalue weighted by molar-refractivity contribution is -0.122. The first-order valence-electron chi connectivity index (χ1n) is 5.60. The van der Waals surface area contributed by atoms with Crippen LogP contribution >= 0.6 is 0 Å². The van der Waals surface area contributed by atoms with Crippen LogP contribution in [-0.4, -0.2) is 18.0 Å². The van der Waals surface area contributed by atoms with Crippen LogP contribution in [0, 0.1) is 6.92 Å². The molecule has 0 heterocycles. The van der Waals surface area contributed by atoms with Gasteiger partial charge in [0, 0.05) is 6.04 Å². The smallest absolute Gasteiger partial charge is 0.237 e. The lowest BCUT2D eigenvalue weighted by Gasteiger charge is -2.14. The first-order valence-corrected chi connectivity index (χ1v) is 5.60. The van der Waals surface area contributed by atoms with Gasteiger partial charge in [-0.2, -0.15) is 0 Å². The predicted molar refractivity (Wildman–Crippen MR) is 66.1 cm³/mol. The lowest BCUT2D eigenvalue weighted by Crippen LogP contribution is -2.44. The third kappa shape index (κ3) is 4.03. The van der Waals surface area contributed by atoms with Gasteiger partial charge in [0.25, 0.3) is 0 Å². The SMILES string of the molecule is Cc1ccc(C[C@H](N)C(=O)NC(C)C)cc1. The van der Waals surface area contributed by atoms with Crippen molar-refractivity contribution in [2.45, 2.75) is 39.3 Å². The highest BCUT2D eigenvalue weighted by Crippen LogP contribution is 2.05. The van der Waals surface area contributed by atoms with Gasteiger partial charge in [-0.15, -0.1) is 0 Å². The number of rotatable bonds is 4. The zero-order valence-electron chi connectivity index (χ0n) is 10.2. The molecule has 3 nitrogen and oxygen atoms in total. The molecule has 1 rings (SSSR count). The van der Waals surface area contributed by atoms with Crippen LogP contribution in [0.3, 0.4) is 0 Å². The van der Waals surface area contributed by atoms with Crippen LogP contribution in [-0.2, 0) is 11.2 Å². The van der Waals surface area contributed by atoms with E-state index in [-0.39, 0.29) is 11.9 Å². The topological polar surface area (TPSA) is 55.1 Å². The molecule has 0 saturated carbocycles. The molecule has 3 N–H and O–H groups in total. The molecule has 88 valence electrons. The summed E-state index contributed by atoms with van der Waals surface area (Å²) in [6.45, 7) is 5.89. The largest absolute Gasteiger partial charge is 0.353 e. The van der Waals surface area contributed by atoms with Crippen LogP contribution in [0.25, 0.3) is 0 Å². The van der Waals surface area contributed by atoms with Gasteiger partial charge < -0.3 is 11.1 Å². The van der Waals surface area contributed by atoms with Crippen molar-refractivity contribution >= 4 is 5.91 Å². The molecule has 3 heteroatoms. The molecule has 0 fully saturated rings. The van der Waals surface area contributed by atoms with E-state index in [2.05, 4.69) is 5.32 Å². The van der Waals surface area contributed by atoms with Gasteiger partial charge in [0.15, 0.2) is 0 Å². The number of hydrogen-bond donors (Lipinski definition) is 2. The Balaban J connectivity index is 2.53. The van der Waals surface area contributed by atoms with Gasteiger partial charge in [-0.1, -0.05) is 29.8 Å². The highest BCUT2D eigenvalue weighted by Gasteiger charge is 2.14. The molecule has 1 aromatic rings. The molecule has 0 aromatic heterocycles. The summed E-state index contributed by atoms with van der Waals surface area (Å²) in [4.78, 5) is 11.6. The molecule has 16 heavy (non-hydrogen) atoms. The Morgan fingerprint density at radius 1 is 1.31 bits per heavy atom. The number of nitrogens with one attached hydrogen (secondary N) is 1. The summed E-state index contributed by atoms with van der Waals surface area (Å²) in [6, 6.07) is 7.75. The third-order valence-electron chi connectivity index (χ3n) is 2.34. The molecule has 0 unspecified atom stereocenters. The molecule has 0 bridgehead atoms. The Labute approximate surface area is 97.0 Å². The quantitative estimate of drug-likeness (QED) is 0.805. The number of carbonyl (C=O) groups excluding carboxylic acids is 1. The number of amides is 1. The van der Waals surface area contributed by atoms with E-state index < -0.39 is 6.04 Å². The van der Waals surface area contributed by atoms with Gasteiger partial charge in [0.05, 0.1) is 6.04 Å². The minimum atomic E-state index is -0.467. The molecule has 1 atom stereocenters. The van der Waals surface area contributed by atoms with Crippen molar-refractivity contribution in [3.63, 3.8) is 0 Å². The van der Waals surface area contributed by atoms with Crippen molar-refractivity contribution in [1.82, 2.24) is 5.32 Å². The highest BCUT2D eigenvalue weighted by molar-refractivity contribution is 5.82. The molecule has 0 aliphatic carbocycles. The first-order chi connectivity index (χ1) is 7.49. The van der Waals surface area contributed by atoms with E-state index in [0.717, 1.165) is 5.56 Å². The summed E-state index contributed by atoms with van der Waals surface area (Å²) in [5.41, 5.74) is 8.13. The van der Waals surface area contributed by atoms with Gasteiger partial charge in [-0.3, -0.25) is 4.79 Å². The minimum Gasteiger partial charge on any atom is -0.353 e. The number of benzene rings is 1. The van der Waals surface area contributed by atoms with Crippen LogP contribution in [0.15, 0.2) is 24.3 Å². The highest BCUT2D eigenvalue weighted by atomic mass is 16.2. The fourth-order valence-corrected chi connectivity index (χ4v) is 1.46. The molecule has 1 aromatic carbocycles. The molecule has 0 aliphatic rings. The molecule has 0 saturated heterocycles. The zero-order valence-corrected chi connectivity index (χ0v) is 10.2. The molecule has 0 spiro atoms. The van der Waals surface area contributed by atoms with Gasteiger partial charge in [0.2, 0.25) is 5.91 Å². The van der Waals surface area contributed by atoms with E-state index in [1.807, 2.05) is 45.0 Å². The van der Waals surface area contributed by atoms with Gasteiger partial charge in [0.1, 0.15) is 0 Å². The van der Waals surface area contributed by atoms with Crippen LogP contribution in [0.5, 0.6) is 0 Å². The van der Waals surface area contributed by atoms with Gasteiger partial charge in [-0.25, -0.2) is 0 Å². The summed E-state index contributed by atoms with van der Waals surface area (Å²) in [6.07, 6.45) is 0.582. The maximum Gasteiger partial charge on any atom is 0.237 e. The fourth-order valence-electron chi connectivity index (χ4n) is 1.46. The van der Waals surface area contributed by atoms with Crippen LogP contribution < -0.4 is 11.1 Å². The van der Waals surface area contributed by atoms with Crippen LogP contribution in [0.2, 0.25) is 0 Å². The van der Waals surface area contributed by atoms with Gasteiger partial charge in [-0.05, 0) is 32.8 Å². The molecule has 0 aliphatic heterocycles. The average Bonchev–Trinajstić information content (AvgIpc) is 2.20. The maximum atomic E-state index is 11.6. The normalized spacial score (nSPS) is 12.6. The average molecular weight is 220 g/mol. The Hall–Kier alpha value is -1.35. The second-order valence-corrected chi connectivity index (χ2v) is 4.46. The number of carbonyl (C=O) groups is 1. The van der Waals surface area contributed by atoms with Gasteiger partial charge >= 0.3 is 0 Å². The van der Waals surface area contributed by atoms with E-state index in [1.54, 1.807) is 0 Å². The summed E-state index contributed by atoms with van der Waals surface area (Å²) >= 11 is 0. The maximum absolute atomic E-state index is 11.6. The van der Waals surface area contributed by atoms with E-state index >= 15 is 0 Å². The fraction of sp³-hybridized carbons (Fsp3) is 0.462. The zero-order chi connectivity index (χ0) is 12.1. The summed E-state index contributed by atoms with van der Waals surface area (Å²) in [5, 5.41) is 2.81. The van der Waals surface area contributed by atoms with Crippen molar-refractivity contribution in [1.29, 1.82) is 0 Å². The Morgan fingerprint density at radius 2 is 1.88 bits per heavy atom. The van der Waals surface area contributed by atoms with E-state index in [1.165, 1.54) is 5.56 Å². The molecular weight excluding hydrogens is 200 g/mol. The number of nitrogens with two attached hydrogens (primary N) is 1. The van der Waals surface area contributed by atoms with Crippen molar-refractivity contribution in [2.75, 3.05) is 0 Å². The van der Waals surface area contributed by atoms with Crippen molar-refractivity contribution in [3.8, 4) is 0 Å². The Morgan fingerprint density at radius 3 is 2.38 bits per heavy atom. The van der Waals surface area contributed by atoms with E-state index in [9.17, 15) is 4.79 Å². The predicted octanol–water partition coefficient (Wildman–Crippen LogP) is 1.39. The minimum absolute atomic E-state index is 0.0874. The Kier molecular flexibility index (Phi) is 4.50. The monoisotopic (exact) mass is 220 g/mol. The van der Waals surface area contributed by atoms with E-state index in [4.69, 9.17) is 5.73 Å².